The molecule has 1 amide bonds. The third-order valence-corrected chi connectivity index (χ3v) is 3.76. The maximum atomic E-state index is 12.2. The Labute approximate surface area is 123 Å². The van der Waals surface area contributed by atoms with Gasteiger partial charge in [-0.2, -0.15) is 0 Å². The molecule has 1 saturated heterocycles. The number of carbonyl (C=O) groups excluding carboxylic acids is 1. The summed E-state index contributed by atoms with van der Waals surface area (Å²) < 4.78 is 5.17. The second-order valence-electron chi connectivity index (χ2n) is 5.31. The summed E-state index contributed by atoms with van der Waals surface area (Å²) in [7, 11) is 0. The zero-order valence-electron chi connectivity index (χ0n) is 11.9. The average molecular weight is 286 g/mol. The zero-order chi connectivity index (χ0) is 14.7. The molecule has 0 spiro atoms. The molecule has 0 saturated carbocycles. The first-order valence-corrected chi connectivity index (χ1v) is 7.13. The normalized spacial score (nSPS) is 18.4. The smallest absolute Gasteiger partial charge is 0.247 e. The number of carbonyl (C=O) groups is 1. The van der Waals surface area contributed by atoms with Gasteiger partial charge in [0.2, 0.25) is 18.2 Å². The molecular weight excluding hydrogens is 268 g/mol. The van der Waals surface area contributed by atoms with Crippen molar-refractivity contribution in [2.45, 2.75) is 19.8 Å². The molecule has 1 atom stereocenters. The Bertz CT molecular complexity index is 619. The van der Waals surface area contributed by atoms with Crippen LogP contribution >= 0.6 is 0 Å². The lowest BCUT2D eigenvalue weighted by Crippen LogP contribution is -2.37. The van der Waals surface area contributed by atoms with Crippen LogP contribution in [-0.2, 0) is 4.79 Å². The number of nitrogens with one attached hydrogen (secondary N) is 2. The van der Waals surface area contributed by atoms with Crippen molar-refractivity contribution in [1.82, 2.24) is 15.5 Å². The van der Waals surface area contributed by atoms with E-state index >= 15 is 0 Å². The van der Waals surface area contributed by atoms with Crippen LogP contribution in [0.3, 0.4) is 0 Å². The minimum absolute atomic E-state index is 0.0498. The maximum Gasteiger partial charge on any atom is 0.247 e. The maximum absolute atomic E-state index is 12.2. The minimum Gasteiger partial charge on any atom is -0.423 e. The van der Waals surface area contributed by atoms with E-state index in [2.05, 4.69) is 20.8 Å². The standard InChI is InChI=1S/C15H18N4O2/c1-10-7-11(15-19-17-9-21-15)4-5-13(10)18-14(20)12-3-2-6-16-8-12/h4-5,7,9,12,16H,2-3,6,8H2,1H3,(H,18,20). The van der Waals surface area contributed by atoms with Crippen molar-refractivity contribution in [1.29, 1.82) is 0 Å². The molecule has 1 aliphatic rings. The molecule has 6 nitrogen and oxygen atoms in total. The van der Waals surface area contributed by atoms with Crippen molar-refractivity contribution in [3.63, 3.8) is 0 Å². The van der Waals surface area contributed by atoms with Gasteiger partial charge in [-0.25, -0.2) is 0 Å². The van der Waals surface area contributed by atoms with E-state index in [1.165, 1.54) is 6.39 Å². The van der Waals surface area contributed by atoms with Crippen LogP contribution in [0.1, 0.15) is 18.4 Å². The highest BCUT2D eigenvalue weighted by molar-refractivity contribution is 5.93. The van der Waals surface area contributed by atoms with Gasteiger partial charge < -0.3 is 15.1 Å². The molecule has 0 aliphatic carbocycles. The number of aryl methyl sites for hydroxylation is 1. The van der Waals surface area contributed by atoms with Gasteiger partial charge in [0.25, 0.3) is 0 Å². The Morgan fingerprint density at radius 1 is 1.48 bits per heavy atom. The number of anilines is 1. The van der Waals surface area contributed by atoms with Crippen molar-refractivity contribution in [2.24, 2.45) is 5.92 Å². The van der Waals surface area contributed by atoms with E-state index in [1.54, 1.807) is 0 Å². The van der Waals surface area contributed by atoms with Crippen LogP contribution in [0.4, 0.5) is 5.69 Å². The summed E-state index contributed by atoms with van der Waals surface area (Å²) >= 11 is 0. The van der Waals surface area contributed by atoms with Gasteiger partial charge in [-0.1, -0.05) is 0 Å². The average Bonchev–Trinajstić information content (AvgIpc) is 3.04. The summed E-state index contributed by atoms with van der Waals surface area (Å²) in [5.41, 5.74) is 2.65. The molecular formula is C15H18N4O2. The first-order chi connectivity index (χ1) is 10.2. The fourth-order valence-electron chi connectivity index (χ4n) is 2.55. The molecule has 2 heterocycles. The van der Waals surface area contributed by atoms with E-state index in [1.807, 2.05) is 25.1 Å². The molecule has 2 aromatic rings. The summed E-state index contributed by atoms with van der Waals surface area (Å²) in [6, 6.07) is 5.68. The quantitative estimate of drug-likeness (QED) is 0.902. The van der Waals surface area contributed by atoms with E-state index in [9.17, 15) is 4.79 Å². The van der Waals surface area contributed by atoms with E-state index in [-0.39, 0.29) is 11.8 Å². The van der Waals surface area contributed by atoms with Gasteiger partial charge in [0, 0.05) is 17.8 Å². The Morgan fingerprint density at radius 3 is 3.05 bits per heavy atom. The lowest BCUT2D eigenvalue weighted by molar-refractivity contribution is -0.120. The molecule has 110 valence electrons. The van der Waals surface area contributed by atoms with Crippen molar-refractivity contribution in [3.8, 4) is 11.5 Å². The van der Waals surface area contributed by atoms with Gasteiger partial charge in [-0.15, -0.1) is 10.2 Å². The highest BCUT2D eigenvalue weighted by Crippen LogP contribution is 2.24. The summed E-state index contributed by atoms with van der Waals surface area (Å²) in [5.74, 6) is 0.608. The molecule has 1 aromatic heterocycles. The Morgan fingerprint density at radius 2 is 2.38 bits per heavy atom. The lowest BCUT2D eigenvalue weighted by Gasteiger charge is -2.22. The molecule has 6 heteroatoms. The number of benzene rings is 1. The number of rotatable bonds is 3. The van der Waals surface area contributed by atoms with Crippen molar-refractivity contribution >= 4 is 11.6 Å². The molecule has 1 unspecified atom stereocenters. The van der Waals surface area contributed by atoms with Crippen molar-refractivity contribution < 1.29 is 9.21 Å². The zero-order valence-corrected chi connectivity index (χ0v) is 11.9. The number of aromatic nitrogens is 2. The minimum atomic E-state index is 0.0498. The predicted molar refractivity (Wildman–Crippen MR) is 78.7 cm³/mol. The van der Waals surface area contributed by atoms with Crippen molar-refractivity contribution in [3.05, 3.63) is 30.2 Å². The lowest BCUT2D eigenvalue weighted by atomic mass is 9.98. The van der Waals surface area contributed by atoms with E-state index in [4.69, 9.17) is 4.42 Å². The molecule has 3 rings (SSSR count). The third kappa shape index (κ3) is 3.11. The molecule has 0 bridgehead atoms. The monoisotopic (exact) mass is 286 g/mol. The van der Waals surface area contributed by atoms with Crippen LogP contribution in [0, 0.1) is 12.8 Å². The first-order valence-electron chi connectivity index (χ1n) is 7.13. The Kier molecular flexibility index (Phi) is 3.96. The highest BCUT2D eigenvalue weighted by atomic mass is 16.4. The second kappa shape index (κ2) is 6.05. The van der Waals surface area contributed by atoms with Crippen LogP contribution in [0.2, 0.25) is 0 Å². The van der Waals surface area contributed by atoms with Crippen molar-refractivity contribution in [2.75, 3.05) is 18.4 Å². The van der Waals surface area contributed by atoms with Gasteiger partial charge in [-0.3, -0.25) is 4.79 Å². The van der Waals surface area contributed by atoms with Crippen LogP contribution in [0.5, 0.6) is 0 Å². The second-order valence-corrected chi connectivity index (χ2v) is 5.31. The van der Waals surface area contributed by atoms with Crippen LogP contribution in [0.15, 0.2) is 29.0 Å². The molecule has 1 fully saturated rings. The Hall–Kier alpha value is -2.21. The fourth-order valence-corrected chi connectivity index (χ4v) is 2.55. The number of amides is 1. The number of hydrogen-bond donors (Lipinski definition) is 2. The molecule has 2 N–H and O–H groups in total. The number of nitrogens with zero attached hydrogens (tertiary/aromatic N) is 2. The van der Waals surface area contributed by atoms with Gasteiger partial charge in [0.1, 0.15) is 0 Å². The summed E-state index contributed by atoms with van der Waals surface area (Å²) in [6.07, 6.45) is 3.29. The van der Waals surface area contributed by atoms with Gasteiger partial charge in [0.15, 0.2) is 0 Å². The molecule has 1 aromatic carbocycles. The van der Waals surface area contributed by atoms with Crippen LogP contribution < -0.4 is 10.6 Å². The van der Waals surface area contributed by atoms with Gasteiger partial charge in [-0.05, 0) is 50.1 Å². The summed E-state index contributed by atoms with van der Waals surface area (Å²) in [5, 5.41) is 13.8. The van der Waals surface area contributed by atoms with Crippen LogP contribution in [-0.4, -0.2) is 29.2 Å². The topological polar surface area (TPSA) is 80.1 Å². The molecule has 1 aliphatic heterocycles. The van der Waals surface area contributed by atoms with E-state index in [0.29, 0.717) is 5.89 Å². The largest absolute Gasteiger partial charge is 0.423 e. The number of piperidine rings is 1. The summed E-state index contributed by atoms with van der Waals surface area (Å²) in [4.78, 5) is 12.2. The first kappa shape index (κ1) is 13.8. The van der Waals surface area contributed by atoms with E-state index in [0.717, 1.165) is 42.7 Å². The Balaban J connectivity index is 1.72. The third-order valence-electron chi connectivity index (χ3n) is 3.76. The molecule has 21 heavy (non-hydrogen) atoms. The van der Waals surface area contributed by atoms with E-state index < -0.39 is 0 Å². The molecule has 0 radical (unpaired) electrons. The highest BCUT2D eigenvalue weighted by Gasteiger charge is 2.21. The number of hydrogen-bond acceptors (Lipinski definition) is 5. The van der Waals surface area contributed by atoms with Crippen LogP contribution in [0.25, 0.3) is 11.5 Å². The van der Waals surface area contributed by atoms with Gasteiger partial charge in [0.05, 0.1) is 5.92 Å². The predicted octanol–water partition coefficient (Wildman–Crippen LogP) is 1.98. The summed E-state index contributed by atoms with van der Waals surface area (Å²) in [6.45, 7) is 3.71. The van der Waals surface area contributed by atoms with Gasteiger partial charge >= 0.3 is 0 Å². The SMILES string of the molecule is Cc1cc(-c2nnco2)ccc1NC(=O)C1CCCNC1. The fraction of sp³-hybridized carbons (Fsp3) is 0.400.